The number of halogens is 1. The molecule has 3 aromatic rings. The van der Waals surface area contributed by atoms with Crippen LogP contribution in [0, 0.1) is 0 Å². The van der Waals surface area contributed by atoms with Crippen LogP contribution in [0.25, 0.3) is 0 Å². The van der Waals surface area contributed by atoms with Crippen molar-refractivity contribution >= 4 is 34.8 Å². The predicted molar refractivity (Wildman–Crippen MR) is 108 cm³/mol. The molecule has 4 rings (SSSR count). The van der Waals surface area contributed by atoms with Gasteiger partial charge in [0.15, 0.2) is 17.3 Å². The Kier molecular flexibility index (Phi) is 5.39. The molecule has 2 amide bonds. The molecular formula is C21H17ClN2O5. The number of amides is 2. The number of ether oxygens (including phenoxy) is 2. The van der Waals surface area contributed by atoms with Gasteiger partial charge in [-0.2, -0.15) is 0 Å². The van der Waals surface area contributed by atoms with E-state index in [1.165, 1.54) is 6.26 Å². The molecule has 1 aromatic heterocycles. The molecular weight excluding hydrogens is 396 g/mol. The predicted octanol–water partition coefficient (Wildman–Crippen LogP) is 4.60. The molecule has 1 aliphatic rings. The Labute approximate surface area is 171 Å². The van der Waals surface area contributed by atoms with Gasteiger partial charge in [-0.3, -0.25) is 9.59 Å². The van der Waals surface area contributed by atoms with E-state index in [0.717, 1.165) is 6.42 Å². The number of hydrogen-bond acceptors (Lipinski definition) is 5. The summed E-state index contributed by atoms with van der Waals surface area (Å²) in [6.07, 6.45) is 2.18. The molecule has 0 atom stereocenters. The Morgan fingerprint density at radius 2 is 1.69 bits per heavy atom. The minimum atomic E-state index is -0.404. The molecule has 0 bridgehead atoms. The zero-order chi connectivity index (χ0) is 20.2. The van der Waals surface area contributed by atoms with Crippen LogP contribution in [0.5, 0.6) is 11.5 Å². The van der Waals surface area contributed by atoms with Crippen molar-refractivity contribution in [2.45, 2.75) is 6.42 Å². The zero-order valence-corrected chi connectivity index (χ0v) is 16.0. The van der Waals surface area contributed by atoms with Crippen molar-refractivity contribution in [3.63, 3.8) is 0 Å². The van der Waals surface area contributed by atoms with E-state index in [4.69, 9.17) is 25.5 Å². The maximum absolute atomic E-state index is 12.7. The molecule has 2 heterocycles. The van der Waals surface area contributed by atoms with Gasteiger partial charge in [-0.15, -0.1) is 0 Å². The summed E-state index contributed by atoms with van der Waals surface area (Å²) in [5, 5.41) is 5.79. The minimum absolute atomic E-state index is 0.179. The van der Waals surface area contributed by atoms with E-state index in [0.29, 0.717) is 46.7 Å². The van der Waals surface area contributed by atoms with Gasteiger partial charge in [0.2, 0.25) is 0 Å². The van der Waals surface area contributed by atoms with Crippen molar-refractivity contribution in [3.05, 3.63) is 71.1 Å². The summed E-state index contributed by atoms with van der Waals surface area (Å²) in [4.78, 5) is 24.8. The monoisotopic (exact) mass is 412 g/mol. The van der Waals surface area contributed by atoms with Crippen molar-refractivity contribution in [2.24, 2.45) is 0 Å². The van der Waals surface area contributed by atoms with Gasteiger partial charge < -0.3 is 24.5 Å². The van der Waals surface area contributed by atoms with Gasteiger partial charge in [0.25, 0.3) is 11.8 Å². The number of fused-ring (bicyclic) bond motifs is 1. The first-order valence-electron chi connectivity index (χ1n) is 8.95. The SMILES string of the molecule is O=C(Nc1cc2c(cc1Cl)OCCCO2)c1cccc(NC(=O)c2ccco2)c1. The fourth-order valence-corrected chi connectivity index (χ4v) is 3.01. The number of carbonyl (C=O) groups is 2. The lowest BCUT2D eigenvalue weighted by atomic mass is 10.1. The Morgan fingerprint density at radius 3 is 2.45 bits per heavy atom. The molecule has 1 aliphatic heterocycles. The first kappa shape index (κ1) is 18.9. The highest BCUT2D eigenvalue weighted by atomic mass is 35.5. The topological polar surface area (TPSA) is 89.8 Å². The van der Waals surface area contributed by atoms with E-state index < -0.39 is 5.91 Å². The molecule has 0 fully saturated rings. The summed E-state index contributed by atoms with van der Waals surface area (Å²) >= 11 is 6.29. The quantitative estimate of drug-likeness (QED) is 0.653. The molecule has 0 radical (unpaired) electrons. The van der Waals surface area contributed by atoms with Crippen LogP contribution in [0.4, 0.5) is 11.4 Å². The number of nitrogens with one attached hydrogen (secondary N) is 2. The summed E-state index contributed by atoms with van der Waals surface area (Å²) in [5.74, 6) is 0.475. The molecule has 148 valence electrons. The van der Waals surface area contributed by atoms with Gasteiger partial charge in [-0.1, -0.05) is 17.7 Å². The molecule has 0 unspecified atom stereocenters. The van der Waals surface area contributed by atoms with Crippen LogP contribution in [0.2, 0.25) is 5.02 Å². The van der Waals surface area contributed by atoms with Gasteiger partial charge in [0.05, 0.1) is 30.2 Å². The van der Waals surface area contributed by atoms with E-state index >= 15 is 0 Å². The average molecular weight is 413 g/mol. The third kappa shape index (κ3) is 4.35. The largest absolute Gasteiger partial charge is 0.490 e. The summed E-state index contributed by atoms with van der Waals surface area (Å²) in [6.45, 7) is 1.07. The van der Waals surface area contributed by atoms with Gasteiger partial charge in [-0.05, 0) is 30.3 Å². The molecule has 0 spiro atoms. The second-order valence-electron chi connectivity index (χ2n) is 6.30. The molecule has 0 saturated carbocycles. The number of carbonyl (C=O) groups excluding carboxylic acids is 2. The average Bonchev–Trinajstić information content (AvgIpc) is 3.17. The molecule has 8 heteroatoms. The van der Waals surface area contributed by atoms with Crippen LogP contribution in [0.15, 0.2) is 59.2 Å². The lowest BCUT2D eigenvalue weighted by Crippen LogP contribution is -2.14. The molecule has 2 aromatic carbocycles. The zero-order valence-electron chi connectivity index (χ0n) is 15.2. The second kappa shape index (κ2) is 8.28. The maximum atomic E-state index is 12.7. The highest BCUT2D eigenvalue weighted by molar-refractivity contribution is 6.34. The van der Waals surface area contributed by atoms with E-state index in [9.17, 15) is 9.59 Å². The van der Waals surface area contributed by atoms with Crippen molar-refractivity contribution in [3.8, 4) is 11.5 Å². The third-order valence-corrected chi connectivity index (χ3v) is 4.53. The Morgan fingerprint density at radius 1 is 0.897 bits per heavy atom. The lowest BCUT2D eigenvalue weighted by molar-refractivity contribution is 0.0993. The van der Waals surface area contributed by atoms with E-state index in [2.05, 4.69) is 10.6 Å². The minimum Gasteiger partial charge on any atom is -0.490 e. The fraction of sp³-hybridized carbons (Fsp3) is 0.143. The van der Waals surface area contributed by atoms with Gasteiger partial charge in [0, 0.05) is 29.8 Å². The van der Waals surface area contributed by atoms with E-state index in [1.807, 2.05) is 0 Å². The molecule has 0 aliphatic carbocycles. The number of rotatable bonds is 4. The normalized spacial score (nSPS) is 12.7. The van der Waals surface area contributed by atoms with Crippen LogP contribution in [0.3, 0.4) is 0 Å². The standard InChI is InChI=1S/C21H17ClN2O5/c22-15-11-18-19(29-9-3-8-28-18)12-16(15)24-20(25)13-4-1-5-14(10-13)23-21(26)17-6-2-7-27-17/h1-2,4-7,10-12H,3,8-9H2,(H,23,26)(H,24,25). The second-order valence-corrected chi connectivity index (χ2v) is 6.70. The van der Waals surface area contributed by atoms with Crippen LogP contribution < -0.4 is 20.1 Å². The molecule has 7 nitrogen and oxygen atoms in total. The summed E-state index contributed by atoms with van der Waals surface area (Å²) < 4.78 is 16.3. The molecule has 2 N–H and O–H groups in total. The van der Waals surface area contributed by atoms with Crippen molar-refractivity contribution in [1.82, 2.24) is 0 Å². The third-order valence-electron chi connectivity index (χ3n) is 4.21. The molecule has 0 saturated heterocycles. The summed E-state index contributed by atoms with van der Waals surface area (Å²) in [6, 6.07) is 13.0. The summed E-state index contributed by atoms with van der Waals surface area (Å²) in [5.41, 5.74) is 1.22. The van der Waals surface area contributed by atoms with Crippen molar-refractivity contribution in [2.75, 3.05) is 23.8 Å². The van der Waals surface area contributed by atoms with Gasteiger partial charge >= 0.3 is 0 Å². The first-order valence-corrected chi connectivity index (χ1v) is 9.33. The number of hydrogen-bond donors (Lipinski definition) is 2. The van der Waals surface area contributed by atoms with Crippen LogP contribution in [-0.2, 0) is 0 Å². The number of benzene rings is 2. The number of anilines is 2. The van der Waals surface area contributed by atoms with E-state index in [1.54, 1.807) is 48.5 Å². The van der Waals surface area contributed by atoms with Gasteiger partial charge in [-0.25, -0.2) is 0 Å². The highest BCUT2D eigenvalue weighted by Crippen LogP contribution is 2.37. The maximum Gasteiger partial charge on any atom is 0.291 e. The number of furan rings is 1. The van der Waals surface area contributed by atoms with Crippen LogP contribution in [-0.4, -0.2) is 25.0 Å². The van der Waals surface area contributed by atoms with Gasteiger partial charge in [0.1, 0.15) is 0 Å². The van der Waals surface area contributed by atoms with E-state index in [-0.39, 0.29) is 11.7 Å². The lowest BCUT2D eigenvalue weighted by Gasteiger charge is -2.13. The Bertz CT molecular complexity index is 1050. The Balaban J connectivity index is 1.50. The smallest absolute Gasteiger partial charge is 0.291 e. The fourth-order valence-electron chi connectivity index (χ4n) is 2.81. The summed E-state index contributed by atoms with van der Waals surface area (Å²) in [7, 11) is 0. The highest BCUT2D eigenvalue weighted by Gasteiger charge is 2.17. The molecule has 29 heavy (non-hydrogen) atoms. The Hall–Kier alpha value is -3.45. The van der Waals surface area contributed by atoms with Crippen LogP contribution in [0.1, 0.15) is 27.3 Å². The van der Waals surface area contributed by atoms with Crippen molar-refractivity contribution < 1.29 is 23.5 Å². The van der Waals surface area contributed by atoms with Crippen molar-refractivity contribution in [1.29, 1.82) is 0 Å². The van der Waals surface area contributed by atoms with Crippen LogP contribution >= 0.6 is 11.6 Å². The first-order chi connectivity index (χ1) is 14.1.